The summed E-state index contributed by atoms with van der Waals surface area (Å²) < 4.78 is 0. The summed E-state index contributed by atoms with van der Waals surface area (Å²) in [6.45, 7) is 3.21. The summed E-state index contributed by atoms with van der Waals surface area (Å²) in [5.41, 5.74) is 6.31. The molecule has 0 aromatic rings. The lowest BCUT2D eigenvalue weighted by Crippen LogP contribution is -2.59. The van der Waals surface area contributed by atoms with E-state index in [4.69, 9.17) is 5.73 Å². The van der Waals surface area contributed by atoms with E-state index in [9.17, 15) is 9.59 Å². The van der Waals surface area contributed by atoms with Gasteiger partial charge in [0.15, 0.2) is 0 Å². The number of halogens is 1. The van der Waals surface area contributed by atoms with Gasteiger partial charge in [0.05, 0.1) is 0 Å². The van der Waals surface area contributed by atoms with Crippen LogP contribution in [0.1, 0.15) is 45.4 Å². The molecule has 3 atom stereocenters. The molecule has 0 aromatic heterocycles. The summed E-state index contributed by atoms with van der Waals surface area (Å²) >= 11 is 0. The maximum atomic E-state index is 12.9. The van der Waals surface area contributed by atoms with Crippen LogP contribution in [0.25, 0.3) is 0 Å². The summed E-state index contributed by atoms with van der Waals surface area (Å²) in [5, 5.41) is 2.86. The van der Waals surface area contributed by atoms with Crippen molar-refractivity contribution in [3.63, 3.8) is 0 Å². The van der Waals surface area contributed by atoms with E-state index in [0.29, 0.717) is 31.3 Å². The maximum absolute atomic E-state index is 12.9. The standard InChI is InChI=1S/C16H27N3O2.ClH/c1-2-13-15(20)18-6-7-19(13)16(21)12-8-10-4-3-5-11(9-12)14(10)17;/h10-14H,2-9,17H2,1H3,(H,18,20);1H. The number of hydrogen-bond acceptors (Lipinski definition) is 3. The highest BCUT2D eigenvalue weighted by molar-refractivity contribution is 5.89. The zero-order chi connectivity index (χ0) is 15.0. The molecule has 3 fully saturated rings. The molecule has 2 amide bonds. The molecule has 22 heavy (non-hydrogen) atoms. The smallest absolute Gasteiger partial charge is 0.242 e. The second-order valence-corrected chi connectivity index (χ2v) is 6.94. The van der Waals surface area contributed by atoms with E-state index in [-0.39, 0.29) is 42.2 Å². The fourth-order valence-corrected chi connectivity index (χ4v) is 4.61. The van der Waals surface area contributed by atoms with E-state index < -0.39 is 0 Å². The second kappa shape index (κ2) is 7.18. The first-order valence-electron chi connectivity index (χ1n) is 8.45. The Morgan fingerprint density at radius 2 is 1.95 bits per heavy atom. The highest BCUT2D eigenvalue weighted by Gasteiger charge is 2.43. The van der Waals surface area contributed by atoms with Gasteiger partial charge in [-0.25, -0.2) is 0 Å². The minimum absolute atomic E-state index is 0. The third-order valence-electron chi connectivity index (χ3n) is 5.76. The molecule has 126 valence electrons. The number of hydrogen-bond donors (Lipinski definition) is 2. The third-order valence-corrected chi connectivity index (χ3v) is 5.76. The number of nitrogens with one attached hydrogen (secondary N) is 1. The van der Waals surface area contributed by atoms with Gasteiger partial charge in [-0.1, -0.05) is 13.3 Å². The number of carbonyl (C=O) groups excluding carboxylic acids is 2. The lowest BCUT2D eigenvalue weighted by molar-refractivity contribution is -0.148. The molecule has 3 rings (SSSR count). The summed E-state index contributed by atoms with van der Waals surface area (Å²) in [6.07, 6.45) is 6.12. The monoisotopic (exact) mass is 329 g/mol. The van der Waals surface area contributed by atoms with Gasteiger partial charge in [0.25, 0.3) is 0 Å². The Morgan fingerprint density at radius 1 is 1.32 bits per heavy atom. The predicted molar refractivity (Wildman–Crippen MR) is 87.6 cm³/mol. The van der Waals surface area contributed by atoms with Crippen molar-refractivity contribution in [3.8, 4) is 0 Å². The van der Waals surface area contributed by atoms with E-state index >= 15 is 0 Å². The fraction of sp³-hybridized carbons (Fsp3) is 0.875. The average molecular weight is 330 g/mol. The van der Waals surface area contributed by atoms with Crippen LogP contribution in [0.2, 0.25) is 0 Å². The molecule has 1 aliphatic heterocycles. The van der Waals surface area contributed by atoms with Gasteiger partial charge in [0.2, 0.25) is 11.8 Å². The van der Waals surface area contributed by atoms with Crippen molar-refractivity contribution in [2.45, 2.75) is 57.5 Å². The lowest BCUT2D eigenvalue weighted by Gasteiger charge is -2.45. The van der Waals surface area contributed by atoms with E-state index in [1.807, 2.05) is 11.8 Å². The maximum Gasteiger partial charge on any atom is 0.242 e. The van der Waals surface area contributed by atoms with E-state index in [1.54, 1.807) is 0 Å². The zero-order valence-electron chi connectivity index (χ0n) is 13.3. The van der Waals surface area contributed by atoms with Crippen molar-refractivity contribution < 1.29 is 9.59 Å². The molecule has 2 saturated carbocycles. The molecule has 0 aromatic carbocycles. The Labute approximate surface area is 138 Å². The molecule has 3 N–H and O–H groups in total. The highest BCUT2D eigenvalue weighted by atomic mass is 35.5. The number of piperazine rings is 1. The first kappa shape index (κ1) is 17.5. The van der Waals surface area contributed by atoms with Gasteiger partial charge in [0.1, 0.15) is 6.04 Å². The molecule has 0 spiro atoms. The highest BCUT2D eigenvalue weighted by Crippen LogP contribution is 2.42. The quantitative estimate of drug-likeness (QED) is 0.801. The largest absolute Gasteiger partial charge is 0.353 e. The Kier molecular flexibility index (Phi) is 5.72. The molecule has 3 unspecified atom stereocenters. The molecule has 2 aliphatic carbocycles. The van der Waals surface area contributed by atoms with Crippen LogP contribution in [0.5, 0.6) is 0 Å². The van der Waals surface area contributed by atoms with Gasteiger partial charge in [-0.3, -0.25) is 9.59 Å². The molecule has 1 heterocycles. The van der Waals surface area contributed by atoms with Crippen molar-refractivity contribution in [2.24, 2.45) is 23.5 Å². The first-order chi connectivity index (χ1) is 10.1. The molecule has 5 nitrogen and oxygen atoms in total. The number of nitrogens with two attached hydrogens (primary N) is 1. The van der Waals surface area contributed by atoms with Crippen molar-refractivity contribution in [1.29, 1.82) is 0 Å². The Bertz CT molecular complexity index is 418. The van der Waals surface area contributed by atoms with Crippen molar-refractivity contribution in [2.75, 3.05) is 13.1 Å². The summed E-state index contributed by atoms with van der Waals surface area (Å²) in [7, 11) is 0. The first-order valence-corrected chi connectivity index (χ1v) is 8.45. The Balaban J connectivity index is 0.00000176. The van der Waals surface area contributed by atoms with Crippen molar-refractivity contribution in [3.05, 3.63) is 0 Å². The van der Waals surface area contributed by atoms with Gasteiger partial charge in [-0.2, -0.15) is 0 Å². The van der Waals surface area contributed by atoms with Gasteiger partial charge in [-0.05, 0) is 43.9 Å². The minimum atomic E-state index is -0.276. The predicted octanol–water partition coefficient (Wildman–Crippen LogP) is 1.30. The number of carbonyl (C=O) groups is 2. The molecular weight excluding hydrogens is 302 g/mol. The molecule has 3 aliphatic rings. The van der Waals surface area contributed by atoms with Gasteiger partial charge >= 0.3 is 0 Å². The Morgan fingerprint density at radius 3 is 2.55 bits per heavy atom. The minimum Gasteiger partial charge on any atom is -0.353 e. The number of rotatable bonds is 2. The van der Waals surface area contributed by atoms with Crippen LogP contribution in [0.4, 0.5) is 0 Å². The summed E-state index contributed by atoms with van der Waals surface area (Å²) in [4.78, 5) is 26.7. The zero-order valence-corrected chi connectivity index (χ0v) is 14.1. The van der Waals surface area contributed by atoms with E-state index in [1.165, 1.54) is 19.3 Å². The van der Waals surface area contributed by atoms with E-state index in [0.717, 1.165) is 12.8 Å². The number of fused-ring (bicyclic) bond motifs is 2. The van der Waals surface area contributed by atoms with Crippen molar-refractivity contribution >= 4 is 24.2 Å². The molecule has 1 saturated heterocycles. The Hall–Kier alpha value is -0.810. The number of nitrogens with zero attached hydrogens (tertiary/aromatic N) is 1. The van der Waals surface area contributed by atoms with Crippen LogP contribution in [0, 0.1) is 17.8 Å². The summed E-state index contributed by atoms with van der Waals surface area (Å²) in [6, 6.07) is 0.0103. The molecule has 0 radical (unpaired) electrons. The second-order valence-electron chi connectivity index (χ2n) is 6.94. The van der Waals surface area contributed by atoms with Crippen LogP contribution in [-0.4, -0.2) is 41.9 Å². The van der Waals surface area contributed by atoms with Crippen molar-refractivity contribution in [1.82, 2.24) is 10.2 Å². The number of amides is 2. The summed E-state index contributed by atoms with van der Waals surface area (Å²) in [5.74, 6) is 1.29. The topological polar surface area (TPSA) is 75.4 Å². The van der Waals surface area contributed by atoms with E-state index in [2.05, 4.69) is 5.32 Å². The lowest BCUT2D eigenvalue weighted by atomic mass is 9.65. The third kappa shape index (κ3) is 3.11. The molecule has 6 heteroatoms. The van der Waals surface area contributed by atoms with Crippen LogP contribution in [0.15, 0.2) is 0 Å². The molecular formula is C16H28ClN3O2. The molecule has 2 bridgehead atoms. The SMILES string of the molecule is CCC1C(=O)NCCN1C(=O)C1CC2CCCC(C1)C2N.Cl. The van der Waals surface area contributed by atoms with Gasteiger partial charge in [-0.15, -0.1) is 12.4 Å². The van der Waals surface area contributed by atoms with Crippen LogP contribution < -0.4 is 11.1 Å². The van der Waals surface area contributed by atoms with Gasteiger partial charge < -0.3 is 16.0 Å². The van der Waals surface area contributed by atoms with Crippen LogP contribution >= 0.6 is 12.4 Å². The normalized spacial score (nSPS) is 38.0. The van der Waals surface area contributed by atoms with Crippen LogP contribution in [0.3, 0.4) is 0 Å². The van der Waals surface area contributed by atoms with Gasteiger partial charge in [0, 0.05) is 25.0 Å². The average Bonchev–Trinajstić information content (AvgIpc) is 2.46. The fourth-order valence-electron chi connectivity index (χ4n) is 4.61. The van der Waals surface area contributed by atoms with Crippen LogP contribution in [-0.2, 0) is 9.59 Å².